The third kappa shape index (κ3) is 2.77. The predicted octanol–water partition coefficient (Wildman–Crippen LogP) is 3.25. The number of benzene rings is 1. The number of aromatic nitrogens is 1. The first kappa shape index (κ1) is 14.0. The number of aryl methyl sites for hydroxylation is 1. The van der Waals surface area contributed by atoms with Gasteiger partial charge < -0.3 is 10.6 Å². The number of hydrogen-bond acceptors (Lipinski definition) is 4. The van der Waals surface area contributed by atoms with Crippen LogP contribution in [0.3, 0.4) is 0 Å². The van der Waals surface area contributed by atoms with E-state index in [1.807, 2.05) is 31.9 Å². The molecule has 2 rings (SSSR count). The molecule has 0 radical (unpaired) electrons. The molecule has 1 heterocycles. The molecule has 1 aromatic carbocycles. The highest BCUT2D eigenvalue weighted by Gasteiger charge is 2.19. The number of thiazole rings is 1. The standard InChI is InChI=1S/C14H18FN3S/c1-9-13(8-16)19-14(17-9)18(3)10(2)11-6-4-5-7-12(11)15/h4-7,10H,8,16H2,1-3H3. The maximum absolute atomic E-state index is 13.8. The summed E-state index contributed by atoms with van der Waals surface area (Å²) >= 11 is 1.56. The van der Waals surface area contributed by atoms with Crippen LogP contribution in [0.5, 0.6) is 0 Å². The van der Waals surface area contributed by atoms with Crippen molar-refractivity contribution in [3.63, 3.8) is 0 Å². The molecule has 0 aliphatic carbocycles. The lowest BCUT2D eigenvalue weighted by molar-refractivity contribution is 0.585. The summed E-state index contributed by atoms with van der Waals surface area (Å²) < 4.78 is 13.8. The zero-order valence-corrected chi connectivity index (χ0v) is 12.2. The molecular formula is C14H18FN3S. The van der Waals surface area contributed by atoms with E-state index in [2.05, 4.69) is 4.98 Å². The van der Waals surface area contributed by atoms with Gasteiger partial charge in [-0.25, -0.2) is 9.37 Å². The Kier molecular flexibility index (Phi) is 4.17. The molecule has 5 heteroatoms. The highest BCUT2D eigenvalue weighted by atomic mass is 32.1. The molecule has 2 N–H and O–H groups in total. The molecule has 0 saturated heterocycles. The molecule has 1 aromatic heterocycles. The normalized spacial score (nSPS) is 12.5. The third-order valence-corrected chi connectivity index (χ3v) is 4.58. The van der Waals surface area contributed by atoms with Crippen molar-refractivity contribution in [2.75, 3.05) is 11.9 Å². The van der Waals surface area contributed by atoms with Crippen LogP contribution in [0.4, 0.5) is 9.52 Å². The third-order valence-electron chi connectivity index (χ3n) is 3.30. The second kappa shape index (κ2) is 5.67. The Morgan fingerprint density at radius 3 is 2.68 bits per heavy atom. The molecule has 0 saturated carbocycles. The van der Waals surface area contributed by atoms with E-state index >= 15 is 0 Å². The second-order valence-corrected chi connectivity index (χ2v) is 5.58. The molecule has 2 aromatic rings. The van der Waals surface area contributed by atoms with Gasteiger partial charge in [0.15, 0.2) is 5.13 Å². The fourth-order valence-corrected chi connectivity index (χ4v) is 2.92. The van der Waals surface area contributed by atoms with Crippen molar-refractivity contribution in [1.29, 1.82) is 0 Å². The maximum Gasteiger partial charge on any atom is 0.186 e. The van der Waals surface area contributed by atoms with Crippen molar-refractivity contribution in [3.8, 4) is 0 Å². The van der Waals surface area contributed by atoms with Crippen molar-refractivity contribution in [2.45, 2.75) is 26.4 Å². The molecule has 3 nitrogen and oxygen atoms in total. The molecule has 0 amide bonds. The van der Waals surface area contributed by atoms with Gasteiger partial charge >= 0.3 is 0 Å². The van der Waals surface area contributed by atoms with E-state index in [9.17, 15) is 4.39 Å². The van der Waals surface area contributed by atoms with Crippen molar-refractivity contribution >= 4 is 16.5 Å². The van der Waals surface area contributed by atoms with E-state index in [1.54, 1.807) is 23.5 Å². The lowest BCUT2D eigenvalue weighted by Crippen LogP contribution is -2.22. The van der Waals surface area contributed by atoms with Crippen LogP contribution in [0, 0.1) is 12.7 Å². The topological polar surface area (TPSA) is 42.2 Å². The Morgan fingerprint density at radius 1 is 1.42 bits per heavy atom. The molecule has 0 aliphatic heterocycles. The van der Waals surface area contributed by atoms with Crippen molar-refractivity contribution in [1.82, 2.24) is 4.98 Å². The van der Waals surface area contributed by atoms with Crippen LogP contribution in [-0.2, 0) is 6.54 Å². The summed E-state index contributed by atoms with van der Waals surface area (Å²) in [7, 11) is 1.93. The van der Waals surface area contributed by atoms with E-state index in [0.717, 1.165) is 15.7 Å². The van der Waals surface area contributed by atoms with Crippen LogP contribution in [-0.4, -0.2) is 12.0 Å². The minimum atomic E-state index is -0.186. The van der Waals surface area contributed by atoms with Gasteiger partial charge in [0, 0.05) is 24.0 Å². The summed E-state index contributed by atoms with van der Waals surface area (Å²) in [6, 6.07) is 6.77. The summed E-state index contributed by atoms with van der Waals surface area (Å²) in [6.07, 6.45) is 0. The van der Waals surface area contributed by atoms with Gasteiger partial charge in [-0.2, -0.15) is 0 Å². The van der Waals surface area contributed by atoms with Gasteiger partial charge in [-0.05, 0) is 19.9 Å². The number of nitrogens with two attached hydrogens (primary N) is 1. The van der Waals surface area contributed by atoms with Crippen molar-refractivity contribution < 1.29 is 4.39 Å². The minimum Gasteiger partial charge on any atom is -0.344 e. The largest absolute Gasteiger partial charge is 0.344 e. The summed E-state index contributed by atoms with van der Waals surface area (Å²) in [5, 5.41) is 0.869. The number of anilines is 1. The van der Waals surface area contributed by atoms with E-state index in [1.165, 1.54) is 6.07 Å². The van der Waals surface area contributed by atoms with Crippen LogP contribution in [0.25, 0.3) is 0 Å². The first-order valence-electron chi connectivity index (χ1n) is 6.18. The Bertz CT molecular complexity index is 568. The minimum absolute atomic E-state index is 0.0719. The maximum atomic E-state index is 13.8. The lowest BCUT2D eigenvalue weighted by atomic mass is 10.1. The predicted molar refractivity (Wildman–Crippen MR) is 78.0 cm³/mol. The zero-order chi connectivity index (χ0) is 14.0. The molecule has 0 aliphatic rings. The van der Waals surface area contributed by atoms with Gasteiger partial charge in [-0.15, -0.1) is 11.3 Å². The number of rotatable bonds is 4. The molecule has 19 heavy (non-hydrogen) atoms. The Labute approximate surface area is 116 Å². The highest BCUT2D eigenvalue weighted by Crippen LogP contribution is 2.31. The molecule has 1 atom stereocenters. The molecule has 1 unspecified atom stereocenters. The van der Waals surface area contributed by atoms with Crippen LogP contribution in [0.15, 0.2) is 24.3 Å². The molecular weight excluding hydrogens is 261 g/mol. The fourth-order valence-electron chi connectivity index (χ4n) is 1.94. The van der Waals surface area contributed by atoms with Crippen molar-refractivity contribution in [2.24, 2.45) is 5.73 Å². The number of halogens is 1. The van der Waals surface area contributed by atoms with Gasteiger partial charge in [0.2, 0.25) is 0 Å². The zero-order valence-electron chi connectivity index (χ0n) is 11.4. The molecule has 0 bridgehead atoms. The smallest absolute Gasteiger partial charge is 0.186 e. The Morgan fingerprint density at radius 2 is 2.11 bits per heavy atom. The summed E-state index contributed by atoms with van der Waals surface area (Å²) in [4.78, 5) is 7.55. The monoisotopic (exact) mass is 279 g/mol. The van der Waals surface area contributed by atoms with Gasteiger partial charge in [0.25, 0.3) is 0 Å². The van der Waals surface area contributed by atoms with Crippen LogP contribution < -0.4 is 10.6 Å². The molecule has 0 fully saturated rings. The summed E-state index contributed by atoms with van der Waals surface area (Å²) in [5.74, 6) is -0.186. The van der Waals surface area contributed by atoms with E-state index < -0.39 is 0 Å². The van der Waals surface area contributed by atoms with Gasteiger partial charge in [0.05, 0.1) is 11.7 Å². The fraction of sp³-hybridized carbons (Fsp3) is 0.357. The highest BCUT2D eigenvalue weighted by molar-refractivity contribution is 7.15. The lowest BCUT2D eigenvalue weighted by Gasteiger charge is -2.25. The first-order valence-corrected chi connectivity index (χ1v) is 7.00. The quantitative estimate of drug-likeness (QED) is 0.934. The SMILES string of the molecule is Cc1nc(N(C)C(C)c2ccccc2F)sc1CN. The average molecular weight is 279 g/mol. The Hall–Kier alpha value is -1.46. The Balaban J connectivity index is 2.28. The van der Waals surface area contributed by atoms with Gasteiger partial charge in [-0.3, -0.25) is 0 Å². The van der Waals surface area contributed by atoms with Crippen LogP contribution in [0.2, 0.25) is 0 Å². The number of hydrogen-bond donors (Lipinski definition) is 1. The molecule has 102 valence electrons. The summed E-state index contributed by atoms with van der Waals surface area (Å²) in [6.45, 7) is 4.41. The molecule has 0 spiro atoms. The first-order chi connectivity index (χ1) is 9.04. The van der Waals surface area contributed by atoms with Crippen molar-refractivity contribution in [3.05, 3.63) is 46.2 Å². The average Bonchev–Trinajstić information content (AvgIpc) is 2.79. The van der Waals surface area contributed by atoms with E-state index in [-0.39, 0.29) is 11.9 Å². The number of nitrogens with zero attached hydrogens (tertiary/aromatic N) is 2. The van der Waals surface area contributed by atoms with Crippen LogP contribution >= 0.6 is 11.3 Å². The van der Waals surface area contributed by atoms with Gasteiger partial charge in [-0.1, -0.05) is 18.2 Å². The van der Waals surface area contributed by atoms with Crippen LogP contribution in [0.1, 0.15) is 29.1 Å². The van der Waals surface area contributed by atoms with E-state index in [0.29, 0.717) is 12.1 Å². The van der Waals surface area contributed by atoms with E-state index in [4.69, 9.17) is 5.73 Å². The second-order valence-electron chi connectivity index (χ2n) is 4.52. The van der Waals surface area contributed by atoms with Gasteiger partial charge in [0.1, 0.15) is 5.82 Å². The summed E-state index contributed by atoms with van der Waals surface area (Å²) in [5.41, 5.74) is 7.29.